The van der Waals surface area contributed by atoms with E-state index in [1.165, 1.54) is 11.3 Å². The summed E-state index contributed by atoms with van der Waals surface area (Å²) in [5.41, 5.74) is 1.70. The molecule has 0 spiro atoms. The maximum atomic E-state index is 11.9. The number of carbonyl (C=O) groups is 2. The van der Waals surface area contributed by atoms with Crippen molar-refractivity contribution in [3.05, 3.63) is 40.7 Å². The largest absolute Gasteiger partial charge is 0.348 e. The van der Waals surface area contributed by atoms with E-state index >= 15 is 0 Å². The number of nitrogens with one attached hydrogen (secondary N) is 2. The van der Waals surface area contributed by atoms with Crippen LogP contribution >= 0.6 is 11.3 Å². The Hall–Kier alpha value is -2.28. The highest BCUT2D eigenvalue weighted by Crippen LogP contribution is 2.21. The number of aromatic nitrogens is 2. The fourth-order valence-electron chi connectivity index (χ4n) is 1.95. The monoisotopic (exact) mass is 332 g/mol. The van der Waals surface area contributed by atoms with Gasteiger partial charge in [-0.25, -0.2) is 4.98 Å². The standard InChI is InChI=1S/C16H20N4O2S/c1-10-12(3)23-16(19-10)20-15(22)8-7-14(21)18-11(2)13-6-4-5-9-17-13/h4-6,9,11H,7-8H2,1-3H3,(H,18,21)(H,19,20,22)/t11-/m0/s1. The van der Waals surface area contributed by atoms with Crippen molar-refractivity contribution in [2.24, 2.45) is 0 Å². The topological polar surface area (TPSA) is 84.0 Å². The summed E-state index contributed by atoms with van der Waals surface area (Å²) in [5.74, 6) is -0.385. The number of amides is 2. The summed E-state index contributed by atoms with van der Waals surface area (Å²) < 4.78 is 0. The zero-order chi connectivity index (χ0) is 16.8. The van der Waals surface area contributed by atoms with Gasteiger partial charge < -0.3 is 10.6 Å². The molecule has 2 amide bonds. The molecule has 0 aliphatic carbocycles. The first-order valence-electron chi connectivity index (χ1n) is 7.40. The third-order valence-corrected chi connectivity index (χ3v) is 4.35. The summed E-state index contributed by atoms with van der Waals surface area (Å²) in [4.78, 5) is 33.3. The highest BCUT2D eigenvalue weighted by molar-refractivity contribution is 7.15. The number of anilines is 1. The summed E-state index contributed by atoms with van der Waals surface area (Å²) >= 11 is 1.43. The molecule has 2 heterocycles. The Kier molecular flexibility index (Phi) is 5.81. The third-order valence-electron chi connectivity index (χ3n) is 3.36. The number of rotatable bonds is 6. The Bertz CT molecular complexity index is 665. The van der Waals surface area contributed by atoms with Crippen molar-refractivity contribution in [1.82, 2.24) is 15.3 Å². The molecule has 0 aromatic carbocycles. The summed E-state index contributed by atoms with van der Waals surface area (Å²) in [6, 6.07) is 5.36. The van der Waals surface area contributed by atoms with Crippen molar-refractivity contribution in [3.8, 4) is 0 Å². The SMILES string of the molecule is Cc1nc(NC(=O)CCC(=O)N[C@@H](C)c2ccccn2)sc1C. The predicted molar refractivity (Wildman–Crippen MR) is 90.2 cm³/mol. The second kappa shape index (κ2) is 7.82. The van der Waals surface area contributed by atoms with Crippen molar-refractivity contribution in [2.75, 3.05) is 5.32 Å². The van der Waals surface area contributed by atoms with E-state index in [0.29, 0.717) is 5.13 Å². The minimum absolute atomic E-state index is 0.123. The molecule has 23 heavy (non-hydrogen) atoms. The zero-order valence-corrected chi connectivity index (χ0v) is 14.2. The average Bonchev–Trinajstić information content (AvgIpc) is 2.84. The molecular formula is C16H20N4O2S. The molecule has 2 rings (SSSR count). The van der Waals surface area contributed by atoms with E-state index in [1.807, 2.05) is 39.0 Å². The highest BCUT2D eigenvalue weighted by Gasteiger charge is 2.13. The van der Waals surface area contributed by atoms with E-state index < -0.39 is 0 Å². The number of carbonyl (C=O) groups excluding carboxylic acids is 2. The molecular weight excluding hydrogens is 312 g/mol. The average molecular weight is 332 g/mol. The molecule has 122 valence electrons. The lowest BCUT2D eigenvalue weighted by Gasteiger charge is -2.13. The molecule has 0 saturated heterocycles. The van der Waals surface area contributed by atoms with Crippen molar-refractivity contribution in [2.45, 2.75) is 39.7 Å². The van der Waals surface area contributed by atoms with Gasteiger partial charge in [-0.15, -0.1) is 11.3 Å². The molecule has 0 aliphatic rings. The zero-order valence-electron chi connectivity index (χ0n) is 13.4. The number of nitrogens with zero attached hydrogens (tertiary/aromatic N) is 2. The van der Waals surface area contributed by atoms with Crippen LogP contribution in [0.3, 0.4) is 0 Å². The molecule has 2 aromatic rings. The molecule has 6 nitrogen and oxygen atoms in total. The second-order valence-corrected chi connectivity index (χ2v) is 6.46. The van der Waals surface area contributed by atoms with Crippen molar-refractivity contribution in [1.29, 1.82) is 0 Å². The van der Waals surface area contributed by atoms with Crippen LogP contribution in [0.4, 0.5) is 5.13 Å². The Morgan fingerprint density at radius 1 is 1.22 bits per heavy atom. The van der Waals surface area contributed by atoms with Crippen LogP contribution in [-0.2, 0) is 9.59 Å². The lowest BCUT2D eigenvalue weighted by Crippen LogP contribution is -2.28. The Morgan fingerprint density at radius 3 is 2.57 bits per heavy atom. The Balaban J connectivity index is 1.76. The number of hydrogen-bond acceptors (Lipinski definition) is 5. The molecule has 2 N–H and O–H groups in total. The maximum absolute atomic E-state index is 11.9. The molecule has 7 heteroatoms. The van der Waals surface area contributed by atoms with E-state index in [4.69, 9.17) is 0 Å². The van der Waals surface area contributed by atoms with E-state index in [2.05, 4.69) is 20.6 Å². The first-order chi connectivity index (χ1) is 11.0. The second-order valence-electron chi connectivity index (χ2n) is 5.25. The van der Waals surface area contributed by atoms with Crippen LogP contribution in [-0.4, -0.2) is 21.8 Å². The first-order valence-corrected chi connectivity index (χ1v) is 8.21. The van der Waals surface area contributed by atoms with Gasteiger partial charge in [-0.1, -0.05) is 6.07 Å². The van der Waals surface area contributed by atoms with Crippen LogP contribution < -0.4 is 10.6 Å². The van der Waals surface area contributed by atoms with Crippen LogP contribution in [0.1, 0.15) is 42.1 Å². The van der Waals surface area contributed by atoms with Crippen LogP contribution in [0.15, 0.2) is 24.4 Å². The molecule has 0 bridgehead atoms. The van der Waals surface area contributed by atoms with Gasteiger partial charge in [-0.05, 0) is 32.9 Å². The fourth-order valence-corrected chi connectivity index (χ4v) is 2.79. The highest BCUT2D eigenvalue weighted by atomic mass is 32.1. The van der Waals surface area contributed by atoms with E-state index in [1.54, 1.807) is 6.20 Å². The Morgan fingerprint density at radius 2 is 1.96 bits per heavy atom. The van der Waals surface area contributed by atoms with Gasteiger partial charge in [-0.2, -0.15) is 0 Å². The molecule has 0 radical (unpaired) electrons. The molecule has 0 unspecified atom stereocenters. The van der Waals surface area contributed by atoms with E-state index in [-0.39, 0.29) is 30.7 Å². The number of thiazole rings is 1. The van der Waals surface area contributed by atoms with Crippen LogP contribution in [0.25, 0.3) is 0 Å². The number of aryl methyl sites for hydroxylation is 2. The van der Waals surface area contributed by atoms with Gasteiger partial charge >= 0.3 is 0 Å². The van der Waals surface area contributed by atoms with Gasteiger partial charge in [0.15, 0.2) is 5.13 Å². The van der Waals surface area contributed by atoms with Crippen LogP contribution in [0.2, 0.25) is 0 Å². The third kappa shape index (κ3) is 5.14. The smallest absolute Gasteiger partial charge is 0.226 e. The van der Waals surface area contributed by atoms with Crippen molar-refractivity contribution in [3.63, 3.8) is 0 Å². The van der Waals surface area contributed by atoms with Gasteiger partial charge in [0.25, 0.3) is 0 Å². The van der Waals surface area contributed by atoms with Crippen molar-refractivity contribution < 1.29 is 9.59 Å². The van der Waals surface area contributed by atoms with Crippen LogP contribution in [0, 0.1) is 13.8 Å². The lowest BCUT2D eigenvalue weighted by molar-refractivity contribution is -0.124. The first kappa shape index (κ1) is 17.1. The quantitative estimate of drug-likeness (QED) is 0.852. The molecule has 0 aliphatic heterocycles. The van der Waals surface area contributed by atoms with E-state index in [9.17, 15) is 9.59 Å². The van der Waals surface area contributed by atoms with Gasteiger partial charge in [0, 0.05) is 23.9 Å². The molecule has 1 atom stereocenters. The molecule has 0 saturated carbocycles. The van der Waals surface area contributed by atoms with E-state index in [0.717, 1.165) is 16.3 Å². The summed E-state index contributed by atoms with van der Waals surface area (Å²) in [5, 5.41) is 6.13. The molecule has 2 aromatic heterocycles. The minimum Gasteiger partial charge on any atom is -0.348 e. The summed E-state index contributed by atoms with van der Waals surface area (Å²) in [6.07, 6.45) is 1.94. The number of hydrogen-bond donors (Lipinski definition) is 2. The van der Waals surface area contributed by atoms with Gasteiger partial charge in [0.05, 0.1) is 17.4 Å². The van der Waals surface area contributed by atoms with Crippen LogP contribution in [0.5, 0.6) is 0 Å². The van der Waals surface area contributed by atoms with Crippen molar-refractivity contribution >= 4 is 28.3 Å². The lowest BCUT2D eigenvalue weighted by atomic mass is 10.2. The minimum atomic E-state index is -0.209. The number of pyridine rings is 1. The fraction of sp³-hybridized carbons (Fsp3) is 0.375. The maximum Gasteiger partial charge on any atom is 0.226 e. The summed E-state index contributed by atoms with van der Waals surface area (Å²) in [6.45, 7) is 5.71. The normalized spacial score (nSPS) is 11.8. The summed E-state index contributed by atoms with van der Waals surface area (Å²) in [7, 11) is 0. The predicted octanol–water partition coefficient (Wildman–Crippen LogP) is 2.75. The van der Waals surface area contributed by atoms with Gasteiger partial charge in [0.1, 0.15) is 0 Å². The molecule has 0 fully saturated rings. The van der Waals surface area contributed by atoms with Gasteiger partial charge in [-0.3, -0.25) is 14.6 Å². The van der Waals surface area contributed by atoms with Gasteiger partial charge in [0.2, 0.25) is 11.8 Å². The Labute approximate surface area is 139 Å².